The molecule has 138 valence electrons. The van der Waals surface area contributed by atoms with Crippen LogP contribution in [0.1, 0.15) is 6.42 Å². The van der Waals surface area contributed by atoms with E-state index in [4.69, 9.17) is 11.6 Å². The Balaban J connectivity index is 1.78. The van der Waals surface area contributed by atoms with Crippen molar-refractivity contribution in [2.24, 2.45) is 0 Å². The van der Waals surface area contributed by atoms with Crippen LogP contribution in [0.4, 0.5) is 15.8 Å². The lowest BCUT2D eigenvalue weighted by Gasteiger charge is -2.28. The Morgan fingerprint density at radius 2 is 1.96 bits per heavy atom. The summed E-state index contributed by atoms with van der Waals surface area (Å²) < 4.78 is 36.9. The molecule has 1 atom stereocenters. The Morgan fingerprint density at radius 1 is 1.23 bits per heavy atom. The predicted octanol–water partition coefficient (Wildman–Crippen LogP) is 3.11. The average Bonchev–Trinajstić information content (AvgIpc) is 2.96. The molecule has 0 saturated carbocycles. The lowest BCUT2D eigenvalue weighted by atomic mass is 10.1. The van der Waals surface area contributed by atoms with E-state index in [1.165, 1.54) is 23.1 Å². The SMILES string of the molecule is O=C(CNc1ccc(F)c(Cl)c1)N(c1ccccc1)C1CCS(=O)(=O)C1. The van der Waals surface area contributed by atoms with Crippen molar-refractivity contribution >= 4 is 38.7 Å². The summed E-state index contributed by atoms with van der Waals surface area (Å²) in [5.41, 5.74) is 1.16. The molecule has 1 amide bonds. The van der Waals surface area contributed by atoms with Gasteiger partial charge in [0.15, 0.2) is 9.84 Å². The van der Waals surface area contributed by atoms with Crippen LogP contribution >= 0.6 is 11.6 Å². The van der Waals surface area contributed by atoms with Gasteiger partial charge in [-0.15, -0.1) is 0 Å². The maximum absolute atomic E-state index is 13.2. The third kappa shape index (κ3) is 4.34. The number of carbonyl (C=O) groups is 1. The van der Waals surface area contributed by atoms with Crippen molar-refractivity contribution in [1.82, 2.24) is 0 Å². The molecule has 0 radical (unpaired) electrons. The smallest absolute Gasteiger partial charge is 0.246 e. The number of hydrogen-bond acceptors (Lipinski definition) is 4. The number of hydrogen-bond donors (Lipinski definition) is 1. The molecule has 2 aromatic carbocycles. The first-order valence-electron chi connectivity index (χ1n) is 8.12. The summed E-state index contributed by atoms with van der Waals surface area (Å²) in [6, 6.07) is 12.7. The van der Waals surface area contributed by atoms with Crippen LogP contribution in [0.15, 0.2) is 48.5 Å². The van der Waals surface area contributed by atoms with Crippen molar-refractivity contribution in [2.75, 3.05) is 28.3 Å². The van der Waals surface area contributed by atoms with Crippen molar-refractivity contribution in [1.29, 1.82) is 0 Å². The first kappa shape index (κ1) is 18.7. The lowest BCUT2D eigenvalue weighted by molar-refractivity contribution is -0.117. The Bertz CT molecular complexity index is 906. The second-order valence-corrected chi connectivity index (χ2v) is 8.77. The van der Waals surface area contributed by atoms with Crippen molar-refractivity contribution in [2.45, 2.75) is 12.5 Å². The van der Waals surface area contributed by atoms with Gasteiger partial charge in [0.25, 0.3) is 0 Å². The number of halogens is 2. The summed E-state index contributed by atoms with van der Waals surface area (Å²) in [6.45, 7) is -0.0621. The van der Waals surface area contributed by atoms with E-state index in [0.29, 0.717) is 17.8 Å². The monoisotopic (exact) mass is 396 g/mol. The maximum Gasteiger partial charge on any atom is 0.246 e. The van der Waals surface area contributed by atoms with E-state index in [-0.39, 0.29) is 29.0 Å². The number of carbonyl (C=O) groups excluding carboxylic acids is 1. The number of nitrogens with one attached hydrogen (secondary N) is 1. The molecule has 8 heteroatoms. The quantitative estimate of drug-likeness (QED) is 0.843. The fourth-order valence-corrected chi connectivity index (χ4v) is 4.88. The first-order chi connectivity index (χ1) is 12.4. The van der Waals surface area contributed by atoms with Gasteiger partial charge >= 0.3 is 0 Å². The van der Waals surface area contributed by atoms with Crippen molar-refractivity contribution in [3.05, 3.63) is 59.4 Å². The van der Waals surface area contributed by atoms with Crippen LogP contribution in [0.25, 0.3) is 0 Å². The number of sulfone groups is 1. The normalized spacial score (nSPS) is 18.5. The van der Waals surface area contributed by atoms with Gasteiger partial charge in [-0.25, -0.2) is 12.8 Å². The highest BCUT2D eigenvalue weighted by molar-refractivity contribution is 7.91. The Labute approximate surface area is 156 Å². The molecule has 1 aliphatic rings. The van der Waals surface area contributed by atoms with Crippen molar-refractivity contribution < 1.29 is 17.6 Å². The summed E-state index contributed by atoms with van der Waals surface area (Å²) in [5, 5.41) is 2.88. The van der Waals surface area contributed by atoms with Crippen molar-refractivity contribution in [3.63, 3.8) is 0 Å². The van der Waals surface area contributed by atoms with Gasteiger partial charge in [0, 0.05) is 11.4 Å². The molecule has 0 aliphatic carbocycles. The minimum Gasteiger partial charge on any atom is -0.376 e. The Kier molecular flexibility index (Phi) is 5.48. The van der Waals surface area contributed by atoms with Gasteiger partial charge in [-0.2, -0.15) is 0 Å². The van der Waals surface area contributed by atoms with Crippen molar-refractivity contribution in [3.8, 4) is 0 Å². The zero-order valence-corrected chi connectivity index (χ0v) is 15.4. The Morgan fingerprint density at radius 3 is 2.58 bits per heavy atom. The number of nitrogens with zero attached hydrogens (tertiary/aromatic N) is 1. The van der Waals surface area contributed by atoms with E-state index < -0.39 is 21.7 Å². The van der Waals surface area contributed by atoms with Gasteiger partial charge in [-0.3, -0.25) is 4.79 Å². The minimum absolute atomic E-state index is 0.0377. The molecule has 5 nitrogen and oxygen atoms in total. The third-order valence-corrected chi connectivity index (χ3v) is 6.28. The fraction of sp³-hybridized carbons (Fsp3) is 0.278. The van der Waals surface area contributed by atoms with Crippen LogP contribution < -0.4 is 10.2 Å². The summed E-state index contributed by atoms with van der Waals surface area (Å²) in [6.07, 6.45) is 0.408. The van der Waals surface area contributed by atoms with Gasteiger partial charge in [0.2, 0.25) is 5.91 Å². The summed E-state index contributed by atoms with van der Waals surface area (Å²) in [4.78, 5) is 14.4. The molecule has 2 aromatic rings. The minimum atomic E-state index is -3.13. The first-order valence-corrected chi connectivity index (χ1v) is 10.3. The number of rotatable bonds is 5. The van der Waals surface area contributed by atoms with Crippen LogP contribution in [-0.4, -0.2) is 38.4 Å². The summed E-state index contributed by atoms with van der Waals surface area (Å²) >= 11 is 5.75. The molecule has 0 bridgehead atoms. The van der Waals surface area contributed by atoms with Crippen LogP contribution in [-0.2, 0) is 14.6 Å². The van der Waals surface area contributed by atoms with E-state index in [0.717, 1.165) is 0 Å². The molecule has 1 N–H and O–H groups in total. The largest absolute Gasteiger partial charge is 0.376 e. The molecule has 1 fully saturated rings. The van der Waals surface area contributed by atoms with Crippen LogP contribution in [0.3, 0.4) is 0 Å². The van der Waals surface area contributed by atoms with E-state index in [1.807, 2.05) is 6.07 Å². The molecule has 1 unspecified atom stereocenters. The van der Waals surface area contributed by atoms with Gasteiger partial charge in [-0.1, -0.05) is 29.8 Å². The van der Waals surface area contributed by atoms with Gasteiger partial charge in [0.1, 0.15) is 5.82 Å². The molecule has 1 aliphatic heterocycles. The van der Waals surface area contributed by atoms with Gasteiger partial charge in [-0.05, 0) is 36.8 Å². The molecular formula is C18H18ClFN2O3S. The highest BCUT2D eigenvalue weighted by Crippen LogP contribution is 2.25. The van der Waals surface area contributed by atoms with E-state index >= 15 is 0 Å². The van der Waals surface area contributed by atoms with E-state index in [9.17, 15) is 17.6 Å². The molecule has 1 heterocycles. The molecule has 26 heavy (non-hydrogen) atoms. The highest BCUT2D eigenvalue weighted by Gasteiger charge is 2.35. The summed E-state index contributed by atoms with van der Waals surface area (Å²) in [7, 11) is -3.13. The van der Waals surface area contributed by atoms with Gasteiger partial charge < -0.3 is 10.2 Å². The number of para-hydroxylation sites is 1. The second kappa shape index (κ2) is 7.63. The summed E-state index contributed by atoms with van der Waals surface area (Å²) in [5.74, 6) is -0.768. The van der Waals surface area contributed by atoms with E-state index in [2.05, 4.69) is 5.32 Å². The zero-order chi connectivity index (χ0) is 18.7. The number of benzene rings is 2. The topological polar surface area (TPSA) is 66.5 Å². The number of anilines is 2. The van der Waals surface area contributed by atoms with Crippen LogP contribution in [0, 0.1) is 5.82 Å². The van der Waals surface area contributed by atoms with Crippen LogP contribution in [0.5, 0.6) is 0 Å². The molecule has 0 aromatic heterocycles. The standard InChI is InChI=1S/C18H18ClFN2O3S/c19-16-10-13(6-7-17(16)20)21-11-18(23)22(14-4-2-1-3-5-14)15-8-9-26(24,25)12-15/h1-7,10,15,21H,8-9,11-12H2. The molecular weight excluding hydrogens is 379 g/mol. The average molecular weight is 397 g/mol. The lowest BCUT2D eigenvalue weighted by Crippen LogP contribution is -2.44. The molecule has 1 saturated heterocycles. The molecule has 3 rings (SSSR count). The molecule has 0 spiro atoms. The maximum atomic E-state index is 13.2. The highest BCUT2D eigenvalue weighted by atomic mass is 35.5. The second-order valence-electron chi connectivity index (χ2n) is 6.14. The van der Waals surface area contributed by atoms with Gasteiger partial charge in [0.05, 0.1) is 29.1 Å². The Hall–Kier alpha value is -2.12. The zero-order valence-electron chi connectivity index (χ0n) is 13.9. The predicted molar refractivity (Wildman–Crippen MR) is 101 cm³/mol. The van der Waals surface area contributed by atoms with Crippen LogP contribution in [0.2, 0.25) is 5.02 Å². The third-order valence-electron chi connectivity index (χ3n) is 4.24. The fourth-order valence-electron chi connectivity index (χ4n) is 2.99. The van der Waals surface area contributed by atoms with E-state index in [1.54, 1.807) is 24.3 Å². The number of amides is 1.